The molecule has 2 saturated heterocycles. The van der Waals surface area contributed by atoms with E-state index in [1.54, 1.807) is 0 Å². The van der Waals surface area contributed by atoms with Gasteiger partial charge in [-0.2, -0.15) is 5.10 Å². The number of nitrogens with one attached hydrogen (secondary N) is 1. The number of aromatic nitrogens is 2. The van der Waals surface area contributed by atoms with Gasteiger partial charge in [-0.1, -0.05) is 19.3 Å². The quantitative estimate of drug-likeness (QED) is 0.328. The molecule has 3 fully saturated rings. The van der Waals surface area contributed by atoms with E-state index in [9.17, 15) is 0 Å². The molecule has 0 amide bonds. The van der Waals surface area contributed by atoms with Crippen LogP contribution < -0.4 is 5.32 Å². The molecule has 2 aliphatic heterocycles. The molecule has 0 radical (unpaired) electrons. The summed E-state index contributed by atoms with van der Waals surface area (Å²) in [4.78, 5) is 10.2. The van der Waals surface area contributed by atoms with Crippen molar-refractivity contribution in [1.29, 1.82) is 0 Å². The van der Waals surface area contributed by atoms with Gasteiger partial charge in [0, 0.05) is 63.5 Å². The van der Waals surface area contributed by atoms with Crippen molar-refractivity contribution in [2.75, 3.05) is 65.6 Å². The molecule has 32 heavy (non-hydrogen) atoms. The standard InChI is InChI=1S/C23H40N6O2.HI/c1-3-24-22(29-11-14-31-21(17-29)20-15-26-27(2)16-20)25-18-23(7-5-4-6-8-23)19-28-9-12-30-13-10-28;/h15-16,21H,3-14,17-19H2,1-2H3,(H,24,25);1H. The summed E-state index contributed by atoms with van der Waals surface area (Å²) < 4.78 is 13.5. The monoisotopic (exact) mass is 560 g/mol. The Kier molecular flexibility index (Phi) is 10.1. The lowest BCUT2D eigenvalue weighted by Gasteiger charge is -2.42. The molecule has 3 aliphatic rings. The molecule has 1 unspecified atom stereocenters. The van der Waals surface area contributed by atoms with Gasteiger partial charge in [-0.05, 0) is 19.8 Å². The first-order chi connectivity index (χ1) is 15.2. The first-order valence-corrected chi connectivity index (χ1v) is 12.1. The van der Waals surface area contributed by atoms with Gasteiger partial charge in [0.2, 0.25) is 0 Å². The first kappa shape index (κ1) is 25.7. The van der Waals surface area contributed by atoms with Crippen molar-refractivity contribution < 1.29 is 9.47 Å². The fourth-order valence-electron chi connectivity index (χ4n) is 5.22. The molecular formula is C23H41IN6O2. The summed E-state index contributed by atoms with van der Waals surface area (Å²) in [5.41, 5.74) is 1.43. The zero-order chi connectivity index (χ0) is 21.5. The third-order valence-corrected chi connectivity index (χ3v) is 6.94. The fourth-order valence-corrected chi connectivity index (χ4v) is 5.22. The summed E-state index contributed by atoms with van der Waals surface area (Å²) in [7, 11) is 1.95. The van der Waals surface area contributed by atoms with E-state index in [0.717, 1.165) is 70.6 Å². The van der Waals surface area contributed by atoms with Crippen molar-refractivity contribution in [3.05, 3.63) is 18.0 Å². The molecule has 3 heterocycles. The second-order valence-electron chi connectivity index (χ2n) is 9.37. The highest BCUT2D eigenvalue weighted by Gasteiger charge is 2.35. The predicted octanol–water partition coefficient (Wildman–Crippen LogP) is 2.66. The van der Waals surface area contributed by atoms with Gasteiger partial charge in [-0.25, -0.2) is 0 Å². The molecule has 1 atom stereocenters. The molecular weight excluding hydrogens is 519 g/mol. The van der Waals surface area contributed by atoms with E-state index < -0.39 is 0 Å². The van der Waals surface area contributed by atoms with Crippen LogP contribution in [-0.2, 0) is 16.5 Å². The molecule has 1 N–H and O–H groups in total. The van der Waals surface area contributed by atoms with Crippen LogP contribution in [-0.4, -0.2) is 91.2 Å². The van der Waals surface area contributed by atoms with Crippen LogP contribution >= 0.6 is 24.0 Å². The van der Waals surface area contributed by atoms with E-state index in [-0.39, 0.29) is 30.1 Å². The van der Waals surface area contributed by atoms with Crippen molar-refractivity contribution in [3.63, 3.8) is 0 Å². The van der Waals surface area contributed by atoms with Gasteiger partial charge in [0.1, 0.15) is 6.10 Å². The summed E-state index contributed by atoms with van der Waals surface area (Å²) >= 11 is 0. The maximum Gasteiger partial charge on any atom is 0.194 e. The minimum absolute atomic E-state index is 0. The Morgan fingerprint density at radius 1 is 1.19 bits per heavy atom. The van der Waals surface area contributed by atoms with E-state index in [4.69, 9.17) is 14.5 Å². The van der Waals surface area contributed by atoms with E-state index in [1.807, 2.05) is 17.9 Å². The highest BCUT2D eigenvalue weighted by atomic mass is 127. The van der Waals surface area contributed by atoms with Crippen LogP contribution in [0, 0.1) is 5.41 Å². The average molecular weight is 561 g/mol. The third-order valence-electron chi connectivity index (χ3n) is 6.94. The maximum atomic E-state index is 6.05. The highest BCUT2D eigenvalue weighted by Crippen LogP contribution is 2.38. The Hall–Kier alpha value is -0.910. The number of guanidine groups is 1. The Morgan fingerprint density at radius 3 is 2.66 bits per heavy atom. The summed E-state index contributed by atoms with van der Waals surface area (Å²) in [6.45, 7) is 11.3. The topological polar surface area (TPSA) is 67.2 Å². The fraction of sp³-hybridized carbons (Fsp3) is 0.826. The number of halogens is 1. The zero-order valence-electron chi connectivity index (χ0n) is 19.8. The van der Waals surface area contributed by atoms with Crippen LogP contribution in [0.1, 0.15) is 50.7 Å². The molecule has 8 nitrogen and oxygen atoms in total. The molecule has 0 aromatic carbocycles. The van der Waals surface area contributed by atoms with E-state index in [2.05, 4.69) is 33.3 Å². The van der Waals surface area contributed by atoms with E-state index >= 15 is 0 Å². The molecule has 1 saturated carbocycles. The van der Waals surface area contributed by atoms with Gasteiger partial charge in [0.05, 0.1) is 32.6 Å². The molecule has 1 aliphatic carbocycles. The van der Waals surface area contributed by atoms with Crippen molar-refractivity contribution in [2.45, 2.75) is 45.1 Å². The second kappa shape index (κ2) is 12.5. The van der Waals surface area contributed by atoms with Crippen LogP contribution in [0.15, 0.2) is 17.4 Å². The van der Waals surface area contributed by atoms with E-state index in [0.29, 0.717) is 12.0 Å². The van der Waals surface area contributed by atoms with Crippen molar-refractivity contribution in [1.82, 2.24) is 24.9 Å². The summed E-state index contributed by atoms with van der Waals surface area (Å²) in [5, 5.41) is 7.87. The molecule has 4 rings (SSSR count). The number of rotatable bonds is 6. The number of nitrogens with zero attached hydrogens (tertiary/aromatic N) is 5. The smallest absolute Gasteiger partial charge is 0.194 e. The maximum absolute atomic E-state index is 6.05. The Bertz CT molecular complexity index is 715. The van der Waals surface area contributed by atoms with Crippen LogP contribution in [0.4, 0.5) is 0 Å². The third kappa shape index (κ3) is 6.80. The lowest BCUT2D eigenvalue weighted by Crippen LogP contribution is -2.49. The van der Waals surface area contributed by atoms with Crippen LogP contribution in [0.5, 0.6) is 0 Å². The lowest BCUT2D eigenvalue weighted by atomic mass is 9.73. The highest BCUT2D eigenvalue weighted by molar-refractivity contribution is 14.0. The molecule has 1 aromatic rings. The molecule has 9 heteroatoms. The van der Waals surface area contributed by atoms with Crippen LogP contribution in [0.25, 0.3) is 0 Å². The lowest BCUT2D eigenvalue weighted by molar-refractivity contribution is -0.00840. The van der Waals surface area contributed by atoms with Gasteiger partial charge in [0.15, 0.2) is 5.96 Å². The van der Waals surface area contributed by atoms with Gasteiger partial charge < -0.3 is 19.7 Å². The molecule has 0 spiro atoms. The minimum Gasteiger partial charge on any atom is -0.379 e. The molecule has 1 aromatic heterocycles. The first-order valence-electron chi connectivity index (χ1n) is 12.1. The van der Waals surface area contributed by atoms with Crippen LogP contribution in [0.2, 0.25) is 0 Å². The van der Waals surface area contributed by atoms with Crippen LogP contribution in [0.3, 0.4) is 0 Å². The van der Waals surface area contributed by atoms with E-state index in [1.165, 1.54) is 32.1 Å². The number of hydrogen-bond acceptors (Lipinski definition) is 5. The average Bonchev–Trinajstić information content (AvgIpc) is 3.24. The minimum atomic E-state index is 0. The predicted molar refractivity (Wildman–Crippen MR) is 138 cm³/mol. The van der Waals surface area contributed by atoms with Gasteiger partial charge >= 0.3 is 0 Å². The van der Waals surface area contributed by atoms with Crippen molar-refractivity contribution in [2.24, 2.45) is 17.5 Å². The van der Waals surface area contributed by atoms with Gasteiger partial charge in [-0.15, -0.1) is 24.0 Å². The summed E-state index contributed by atoms with van der Waals surface area (Å²) in [5.74, 6) is 1.03. The van der Waals surface area contributed by atoms with Crippen molar-refractivity contribution >= 4 is 29.9 Å². The number of hydrogen-bond donors (Lipinski definition) is 1. The Labute approximate surface area is 210 Å². The number of morpholine rings is 2. The Morgan fingerprint density at radius 2 is 1.97 bits per heavy atom. The molecule has 182 valence electrons. The Balaban J connectivity index is 0.00000289. The molecule has 0 bridgehead atoms. The number of ether oxygens (including phenoxy) is 2. The summed E-state index contributed by atoms with van der Waals surface area (Å²) in [6.07, 6.45) is 10.6. The zero-order valence-corrected chi connectivity index (χ0v) is 22.1. The largest absolute Gasteiger partial charge is 0.379 e. The van der Waals surface area contributed by atoms with Gasteiger partial charge in [0.25, 0.3) is 0 Å². The summed E-state index contributed by atoms with van der Waals surface area (Å²) in [6, 6.07) is 0. The van der Waals surface area contributed by atoms with Crippen molar-refractivity contribution in [3.8, 4) is 0 Å². The second-order valence-corrected chi connectivity index (χ2v) is 9.37. The normalized spacial score (nSPS) is 24.8. The number of aryl methyl sites for hydroxylation is 1. The van der Waals surface area contributed by atoms with Gasteiger partial charge in [-0.3, -0.25) is 14.6 Å². The SMILES string of the molecule is CCNC(=NCC1(CN2CCOCC2)CCCCC1)N1CCOC(c2cnn(C)c2)C1.I. The number of aliphatic imine (C=N–C) groups is 1.